The highest BCUT2D eigenvalue weighted by molar-refractivity contribution is 5.92. The maximum atomic E-state index is 13.2. The van der Waals surface area contributed by atoms with E-state index in [0.29, 0.717) is 30.1 Å². The molecule has 30 heavy (non-hydrogen) atoms. The quantitative estimate of drug-likeness (QED) is 0.531. The Hall–Kier alpha value is -4.08. The minimum absolute atomic E-state index is 0.0187. The third-order valence-corrected chi connectivity index (χ3v) is 4.37. The van der Waals surface area contributed by atoms with E-state index in [1.54, 1.807) is 24.3 Å². The first-order valence-electron chi connectivity index (χ1n) is 9.12. The number of aromatic nitrogens is 3. The first-order valence-corrected chi connectivity index (χ1v) is 9.12. The molecule has 4 rings (SSSR count). The Morgan fingerprint density at radius 2 is 1.97 bits per heavy atom. The summed E-state index contributed by atoms with van der Waals surface area (Å²) in [5, 5.41) is 5.73. The monoisotopic (exact) mass is 408 g/mol. The number of carbonyl (C=O) groups excluding carboxylic acids is 2. The normalized spacial score (nSPS) is 15.5. The van der Waals surface area contributed by atoms with E-state index >= 15 is 0 Å². The highest BCUT2D eigenvalue weighted by Crippen LogP contribution is 2.25. The lowest BCUT2D eigenvalue weighted by atomic mass is 10.2. The van der Waals surface area contributed by atoms with Gasteiger partial charge in [-0.05, 0) is 36.8 Å². The third kappa shape index (κ3) is 4.32. The van der Waals surface area contributed by atoms with Gasteiger partial charge in [0.15, 0.2) is 5.82 Å². The van der Waals surface area contributed by atoms with E-state index in [4.69, 9.17) is 10.5 Å². The lowest BCUT2D eigenvalue weighted by Gasteiger charge is -2.13. The molecule has 10 heteroatoms. The first kappa shape index (κ1) is 19.2. The molecule has 9 nitrogen and oxygen atoms in total. The van der Waals surface area contributed by atoms with Gasteiger partial charge in [0.1, 0.15) is 23.3 Å². The maximum absolute atomic E-state index is 13.2. The summed E-state index contributed by atoms with van der Waals surface area (Å²) in [5.74, 6) is -0.364. The molecule has 3 heterocycles. The fraction of sp³-hybridized carbons (Fsp3) is 0.150. The van der Waals surface area contributed by atoms with Crippen molar-refractivity contribution in [3.05, 3.63) is 60.2 Å². The third-order valence-electron chi connectivity index (χ3n) is 4.37. The minimum atomic E-state index is -0.713. The molecule has 1 aromatic carbocycles. The summed E-state index contributed by atoms with van der Waals surface area (Å²) in [7, 11) is 0. The zero-order valence-corrected chi connectivity index (χ0v) is 15.6. The number of hydrogen-bond acceptors (Lipinski definition) is 7. The van der Waals surface area contributed by atoms with E-state index < -0.39 is 17.9 Å². The van der Waals surface area contributed by atoms with Crippen LogP contribution in [-0.2, 0) is 4.79 Å². The van der Waals surface area contributed by atoms with Crippen LogP contribution in [0.3, 0.4) is 0 Å². The van der Waals surface area contributed by atoms with Crippen LogP contribution in [0.4, 0.5) is 10.2 Å². The van der Waals surface area contributed by atoms with Crippen LogP contribution in [0.2, 0.25) is 0 Å². The summed E-state index contributed by atoms with van der Waals surface area (Å²) in [6.07, 6.45) is 0.601. The standard InChI is InChI=1S/C20H17FN6O3/c21-15-2-1-3-17(26-15)30-12-6-4-11(5-7-12)19-25-14(18(22)28)10-16(27-19)24-13-8-9-23-20(13)29/h1-7,10,13H,8-9H2,(H2,22,28)(H,23,29)(H,24,25,27)/t13-/m0/s1. The summed E-state index contributed by atoms with van der Waals surface area (Å²) in [6, 6.07) is 11.9. The van der Waals surface area contributed by atoms with Crippen molar-refractivity contribution >= 4 is 17.6 Å². The number of nitrogens with zero attached hydrogens (tertiary/aromatic N) is 3. The Balaban J connectivity index is 1.59. The predicted molar refractivity (Wildman–Crippen MR) is 105 cm³/mol. The predicted octanol–water partition coefficient (Wildman–Crippen LogP) is 1.87. The van der Waals surface area contributed by atoms with Crippen LogP contribution in [0, 0.1) is 5.95 Å². The molecule has 1 fully saturated rings. The summed E-state index contributed by atoms with van der Waals surface area (Å²) in [4.78, 5) is 35.7. The highest BCUT2D eigenvalue weighted by atomic mass is 19.1. The number of nitrogens with two attached hydrogens (primary N) is 1. The molecule has 1 saturated heterocycles. The van der Waals surface area contributed by atoms with Gasteiger partial charge in [-0.15, -0.1) is 0 Å². The van der Waals surface area contributed by atoms with Crippen LogP contribution in [0.1, 0.15) is 16.9 Å². The number of amides is 2. The highest BCUT2D eigenvalue weighted by Gasteiger charge is 2.24. The number of nitrogens with one attached hydrogen (secondary N) is 2. The molecule has 0 aliphatic carbocycles. The van der Waals surface area contributed by atoms with Gasteiger partial charge in [-0.25, -0.2) is 9.97 Å². The first-order chi connectivity index (χ1) is 14.5. The second-order valence-electron chi connectivity index (χ2n) is 6.53. The lowest BCUT2D eigenvalue weighted by molar-refractivity contribution is -0.119. The number of anilines is 1. The van der Waals surface area contributed by atoms with E-state index in [-0.39, 0.29) is 23.3 Å². The average molecular weight is 408 g/mol. The molecule has 152 valence electrons. The molecule has 0 radical (unpaired) electrons. The van der Waals surface area contributed by atoms with Crippen LogP contribution in [0.5, 0.6) is 11.6 Å². The number of rotatable bonds is 6. The van der Waals surface area contributed by atoms with Gasteiger partial charge >= 0.3 is 0 Å². The number of carbonyl (C=O) groups is 2. The van der Waals surface area contributed by atoms with Gasteiger partial charge in [0.2, 0.25) is 17.7 Å². The van der Waals surface area contributed by atoms with Crippen LogP contribution in [-0.4, -0.2) is 39.4 Å². The summed E-state index contributed by atoms with van der Waals surface area (Å²) >= 11 is 0. The number of ether oxygens (including phenoxy) is 1. The topological polar surface area (TPSA) is 132 Å². The average Bonchev–Trinajstić information content (AvgIpc) is 3.13. The largest absolute Gasteiger partial charge is 0.439 e. The summed E-state index contributed by atoms with van der Waals surface area (Å²) in [5.41, 5.74) is 6.01. The Labute approximate surface area is 170 Å². The van der Waals surface area contributed by atoms with Gasteiger partial charge < -0.3 is 21.1 Å². The fourth-order valence-electron chi connectivity index (χ4n) is 2.93. The van der Waals surface area contributed by atoms with E-state index in [2.05, 4.69) is 25.6 Å². The van der Waals surface area contributed by atoms with E-state index in [0.717, 1.165) is 0 Å². The van der Waals surface area contributed by atoms with E-state index in [1.165, 1.54) is 24.3 Å². The van der Waals surface area contributed by atoms with Crippen molar-refractivity contribution in [2.45, 2.75) is 12.5 Å². The fourth-order valence-corrected chi connectivity index (χ4v) is 2.93. The van der Waals surface area contributed by atoms with Gasteiger partial charge in [0.25, 0.3) is 5.91 Å². The summed E-state index contributed by atoms with van der Waals surface area (Å²) in [6.45, 7) is 0.568. The van der Waals surface area contributed by atoms with Crippen molar-refractivity contribution in [3.8, 4) is 23.0 Å². The van der Waals surface area contributed by atoms with Crippen LogP contribution in [0.25, 0.3) is 11.4 Å². The van der Waals surface area contributed by atoms with Gasteiger partial charge in [-0.1, -0.05) is 6.07 Å². The Kier molecular flexibility index (Phi) is 5.21. The lowest BCUT2D eigenvalue weighted by Crippen LogP contribution is -2.30. The van der Waals surface area contributed by atoms with Crippen molar-refractivity contribution in [1.82, 2.24) is 20.3 Å². The maximum Gasteiger partial charge on any atom is 0.267 e. The molecule has 1 atom stereocenters. The van der Waals surface area contributed by atoms with Gasteiger partial charge in [-0.3, -0.25) is 9.59 Å². The van der Waals surface area contributed by atoms with Gasteiger partial charge in [0, 0.05) is 24.2 Å². The van der Waals surface area contributed by atoms with Crippen molar-refractivity contribution in [1.29, 1.82) is 0 Å². The SMILES string of the molecule is NC(=O)c1cc(N[C@H]2CCNC2=O)nc(-c2ccc(Oc3cccc(F)n3)cc2)n1. The molecular formula is C20H17FN6O3. The van der Waals surface area contributed by atoms with Crippen molar-refractivity contribution in [2.75, 3.05) is 11.9 Å². The summed E-state index contributed by atoms with van der Waals surface area (Å²) < 4.78 is 18.7. The second-order valence-corrected chi connectivity index (χ2v) is 6.53. The number of primary amides is 1. The zero-order valence-electron chi connectivity index (χ0n) is 15.6. The number of hydrogen-bond donors (Lipinski definition) is 3. The number of halogens is 1. The smallest absolute Gasteiger partial charge is 0.267 e. The molecular weight excluding hydrogens is 391 g/mol. The number of benzene rings is 1. The minimum Gasteiger partial charge on any atom is -0.439 e. The molecule has 0 saturated carbocycles. The van der Waals surface area contributed by atoms with E-state index in [9.17, 15) is 14.0 Å². The molecule has 0 bridgehead atoms. The molecule has 0 unspecified atom stereocenters. The molecule has 2 amide bonds. The molecule has 1 aliphatic rings. The van der Waals surface area contributed by atoms with Crippen LogP contribution < -0.4 is 21.1 Å². The van der Waals surface area contributed by atoms with Gasteiger partial charge in [0.05, 0.1) is 0 Å². The van der Waals surface area contributed by atoms with E-state index in [1.807, 2.05) is 0 Å². The Morgan fingerprint density at radius 1 is 1.17 bits per heavy atom. The molecule has 2 aromatic heterocycles. The molecule has 3 aromatic rings. The Bertz CT molecular complexity index is 1110. The molecule has 0 spiro atoms. The molecule has 4 N–H and O–H groups in total. The number of pyridine rings is 1. The van der Waals surface area contributed by atoms with Gasteiger partial charge in [-0.2, -0.15) is 9.37 Å². The Morgan fingerprint density at radius 3 is 2.63 bits per heavy atom. The van der Waals surface area contributed by atoms with Crippen LogP contribution in [0.15, 0.2) is 48.5 Å². The second kappa shape index (κ2) is 8.11. The van der Waals surface area contributed by atoms with Crippen molar-refractivity contribution in [3.63, 3.8) is 0 Å². The van der Waals surface area contributed by atoms with Crippen molar-refractivity contribution in [2.24, 2.45) is 5.73 Å². The van der Waals surface area contributed by atoms with Crippen molar-refractivity contribution < 1.29 is 18.7 Å². The zero-order chi connectivity index (χ0) is 21.1. The van der Waals surface area contributed by atoms with Crippen LogP contribution >= 0.6 is 0 Å². The molecule has 1 aliphatic heterocycles.